The van der Waals surface area contributed by atoms with E-state index in [1.54, 1.807) is 12.1 Å². The van der Waals surface area contributed by atoms with E-state index in [1.165, 1.54) is 0 Å². The summed E-state index contributed by atoms with van der Waals surface area (Å²) in [6, 6.07) is 23.2. The molecule has 11 rings (SSSR count). The molecule has 6 fully saturated rings. The van der Waals surface area contributed by atoms with Gasteiger partial charge in [-0.3, -0.25) is 0 Å². The summed E-state index contributed by atoms with van der Waals surface area (Å²) in [6.07, 6.45) is -0.942. The molecule has 6 aliphatic rings. The zero-order valence-electron chi connectivity index (χ0n) is 33.0. The molecular weight excluding hydrogens is 753 g/mol. The van der Waals surface area contributed by atoms with Gasteiger partial charge in [0.2, 0.25) is 5.79 Å². The molecule has 0 amide bonds. The number of rotatable bonds is 6. The van der Waals surface area contributed by atoms with Gasteiger partial charge >= 0.3 is 5.97 Å². The zero-order valence-corrected chi connectivity index (χ0v) is 33.0. The molecule has 8 N–H and O–H groups in total. The standard InChI is InChI=1S/C47H52N2O10/c1-48-22-27-21-32-33-13-15-36(52)47(56)46(33,55)42(58-41(32)45(40(27)53)18-16-28-7-4-17-44(28,45)29-9-11-30(51)12-10-29)39(59-47)43(54)57-38-35(23-50)49-34-14-8-26-19-24-5-2-3-6-25(24)20-31(26)37(34)38/h2-3,5-6,8-12,14,19-20,27-28,32-33,36,39-42,48-53,55-56H,4,7,13,15-18,21-23H2,1H3/t27-,28+,32+,33+,36-,39-,40+,41+,42+,44+,45-,46-,47+/m1/s1. The van der Waals surface area contributed by atoms with Crippen LogP contribution in [0.5, 0.6) is 11.5 Å². The minimum Gasteiger partial charge on any atom is -0.508 e. The van der Waals surface area contributed by atoms with Gasteiger partial charge in [0.15, 0.2) is 17.5 Å². The maximum absolute atomic E-state index is 14.9. The molecule has 2 aliphatic heterocycles. The number of esters is 1. The van der Waals surface area contributed by atoms with Crippen molar-refractivity contribution in [3.8, 4) is 11.5 Å². The Kier molecular flexibility index (Phi) is 8.47. The Hall–Kier alpha value is -4.11. The first-order valence-corrected chi connectivity index (χ1v) is 21.4. The summed E-state index contributed by atoms with van der Waals surface area (Å²) in [6.45, 7) is 0.0581. The fourth-order valence-electron chi connectivity index (χ4n) is 14.1. The number of carbonyl (C=O) groups excluding carboxylic acids is 1. The molecule has 59 heavy (non-hydrogen) atoms. The Morgan fingerprint density at radius 2 is 1.71 bits per heavy atom. The number of ether oxygens (including phenoxy) is 3. The average molecular weight is 805 g/mol. The smallest absolute Gasteiger partial charge is 0.343 e. The summed E-state index contributed by atoms with van der Waals surface area (Å²) in [4.78, 5) is 18.1. The minimum atomic E-state index is -2.55. The van der Waals surface area contributed by atoms with E-state index in [0.29, 0.717) is 36.7 Å². The molecule has 3 heterocycles. The van der Waals surface area contributed by atoms with E-state index >= 15 is 0 Å². The van der Waals surface area contributed by atoms with Gasteiger partial charge in [0.05, 0.1) is 35.4 Å². The van der Waals surface area contributed by atoms with Crippen LogP contribution in [0.15, 0.2) is 72.8 Å². The number of fused-ring (bicyclic) bond motifs is 9. The maximum Gasteiger partial charge on any atom is 0.343 e. The molecule has 4 saturated carbocycles. The number of aromatic amines is 1. The largest absolute Gasteiger partial charge is 0.508 e. The second-order valence-corrected chi connectivity index (χ2v) is 18.5. The number of phenolic OH excluding ortho intramolecular Hbond substituents is 1. The minimum absolute atomic E-state index is 0.104. The third-order valence-corrected chi connectivity index (χ3v) is 16.3. The van der Waals surface area contributed by atoms with Crippen molar-refractivity contribution in [1.82, 2.24) is 10.3 Å². The molecule has 2 saturated heterocycles. The van der Waals surface area contributed by atoms with Crippen LogP contribution in [0.25, 0.3) is 32.4 Å². The third-order valence-electron chi connectivity index (χ3n) is 16.3. The van der Waals surface area contributed by atoms with E-state index in [1.807, 2.05) is 61.6 Å². The molecule has 1 aromatic heterocycles. The fraction of sp³-hybridized carbons (Fsp3) is 0.511. The Morgan fingerprint density at radius 1 is 0.932 bits per heavy atom. The van der Waals surface area contributed by atoms with Gasteiger partial charge in [-0.1, -0.05) is 48.9 Å². The van der Waals surface area contributed by atoms with Crippen molar-refractivity contribution in [1.29, 1.82) is 0 Å². The van der Waals surface area contributed by atoms with Gasteiger partial charge in [-0.05, 0) is 127 Å². The van der Waals surface area contributed by atoms with Crippen molar-refractivity contribution >= 4 is 38.4 Å². The van der Waals surface area contributed by atoms with Crippen molar-refractivity contribution in [2.45, 2.75) is 105 Å². The molecule has 1 spiro atoms. The van der Waals surface area contributed by atoms with Crippen LogP contribution < -0.4 is 10.1 Å². The summed E-state index contributed by atoms with van der Waals surface area (Å²) in [7, 11) is 1.87. The molecule has 0 radical (unpaired) electrons. The molecule has 5 aromatic rings. The summed E-state index contributed by atoms with van der Waals surface area (Å²) in [5.74, 6) is -4.23. The summed E-state index contributed by atoms with van der Waals surface area (Å²) in [5, 5.41) is 78.6. The lowest BCUT2D eigenvalue weighted by Gasteiger charge is -2.66. The predicted molar refractivity (Wildman–Crippen MR) is 217 cm³/mol. The van der Waals surface area contributed by atoms with Crippen LogP contribution in [0.3, 0.4) is 0 Å². The van der Waals surface area contributed by atoms with Gasteiger partial charge in [-0.25, -0.2) is 4.79 Å². The summed E-state index contributed by atoms with van der Waals surface area (Å²) < 4.78 is 19.8. The highest BCUT2D eigenvalue weighted by atomic mass is 16.7. The lowest BCUT2D eigenvalue weighted by atomic mass is 9.44. The first-order valence-electron chi connectivity index (χ1n) is 21.4. The highest BCUT2D eigenvalue weighted by molar-refractivity contribution is 6.14. The van der Waals surface area contributed by atoms with Crippen LogP contribution in [0.2, 0.25) is 0 Å². The van der Waals surface area contributed by atoms with Crippen LogP contribution in [-0.2, 0) is 26.3 Å². The quantitative estimate of drug-likeness (QED) is 0.0879. The van der Waals surface area contributed by atoms with Gasteiger partial charge in [-0.2, -0.15) is 0 Å². The van der Waals surface area contributed by atoms with E-state index in [-0.39, 0.29) is 41.4 Å². The van der Waals surface area contributed by atoms with Crippen LogP contribution >= 0.6 is 0 Å². The summed E-state index contributed by atoms with van der Waals surface area (Å²) >= 11 is 0. The Morgan fingerprint density at radius 3 is 2.47 bits per heavy atom. The first-order chi connectivity index (χ1) is 28.5. The van der Waals surface area contributed by atoms with E-state index < -0.39 is 71.2 Å². The Labute approximate surface area is 341 Å². The average Bonchev–Trinajstić information content (AvgIpc) is 3.97. The van der Waals surface area contributed by atoms with Gasteiger partial charge < -0.3 is 55.2 Å². The number of carbonyl (C=O) groups is 1. The molecule has 0 bridgehead atoms. The molecule has 310 valence electrons. The number of benzene rings is 4. The van der Waals surface area contributed by atoms with Crippen molar-refractivity contribution in [3.05, 3.63) is 84.1 Å². The van der Waals surface area contributed by atoms with Crippen LogP contribution in [0, 0.1) is 29.1 Å². The predicted octanol–water partition coefficient (Wildman–Crippen LogP) is 4.67. The molecular formula is C47H52N2O10. The molecule has 12 heteroatoms. The van der Waals surface area contributed by atoms with Crippen LogP contribution in [-0.4, -0.2) is 97.1 Å². The lowest BCUT2D eigenvalue weighted by Crippen LogP contribution is -2.77. The van der Waals surface area contributed by atoms with Crippen molar-refractivity contribution < 1.29 is 49.6 Å². The number of aliphatic hydroxyl groups excluding tert-OH is 3. The number of aliphatic hydroxyl groups is 5. The number of aromatic nitrogens is 1. The molecule has 13 atom stereocenters. The van der Waals surface area contributed by atoms with E-state index in [4.69, 9.17) is 14.2 Å². The molecule has 4 aliphatic carbocycles. The van der Waals surface area contributed by atoms with Crippen molar-refractivity contribution in [2.75, 3.05) is 13.6 Å². The number of aromatic hydroxyl groups is 1. The van der Waals surface area contributed by atoms with Crippen LogP contribution in [0.1, 0.15) is 62.6 Å². The molecule has 0 unspecified atom stereocenters. The third kappa shape index (κ3) is 4.80. The monoisotopic (exact) mass is 804 g/mol. The van der Waals surface area contributed by atoms with Crippen LogP contribution in [0.4, 0.5) is 0 Å². The highest BCUT2D eigenvalue weighted by Gasteiger charge is 2.82. The van der Waals surface area contributed by atoms with Gasteiger partial charge in [-0.15, -0.1) is 0 Å². The van der Waals surface area contributed by atoms with Gasteiger partial charge in [0.1, 0.15) is 18.0 Å². The summed E-state index contributed by atoms with van der Waals surface area (Å²) in [5.41, 5.74) is -1.64. The van der Waals surface area contributed by atoms with Crippen molar-refractivity contribution in [3.63, 3.8) is 0 Å². The topological polar surface area (TPSA) is 194 Å². The van der Waals surface area contributed by atoms with E-state index in [9.17, 15) is 35.4 Å². The SMILES string of the molecule is CNC[C@H]1C[C@H]2[C@@H]3CC[C@@H](O)[C@]4(O)O[C@@H](C(=O)Oc5c(CO)[nH]c6ccc7cc8ccccc8cc7c56)[C@H](O[C@@H]2[C@@]2(CC[C@@H]5CCC[C@@]52c2ccc(O)cc2)[C@H]1O)[C@]34O. The number of hydrogen-bond donors (Lipinski definition) is 8. The lowest BCUT2D eigenvalue weighted by molar-refractivity contribution is -0.371. The highest BCUT2D eigenvalue weighted by Crippen LogP contribution is 2.73. The molecule has 12 nitrogen and oxygen atoms in total. The molecule has 4 aromatic carbocycles. The number of hydrogen-bond acceptors (Lipinski definition) is 11. The Balaban J connectivity index is 1.05. The second kappa shape index (κ2) is 13.2. The zero-order chi connectivity index (χ0) is 40.6. The maximum atomic E-state index is 14.9. The fourth-order valence-corrected chi connectivity index (χ4v) is 14.1. The Bertz CT molecular complexity index is 2490. The second-order valence-electron chi connectivity index (χ2n) is 18.5. The van der Waals surface area contributed by atoms with Gasteiger partial charge in [0.25, 0.3) is 0 Å². The van der Waals surface area contributed by atoms with E-state index in [2.05, 4.69) is 16.4 Å². The number of H-pyrrole nitrogens is 1. The first kappa shape index (κ1) is 37.9. The van der Waals surface area contributed by atoms with Gasteiger partial charge in [0, 0.05) is 23.3 Å². The van der Waals surface area contributed by atoms with E-state index in [0.717, 1.165) is 52.8 Å². The normalized spacial score (nSPS) is 39.8. The van der Waals surface area contributed by atoms with Crippen molar-refractivity contribution in [2.24, 2.45) is 29.1 Å². The number of phenols is 1. The number of nitrogens with one attached hydrogen (secondary N) is 2.